The first kappa shape index (κ1) is 9.54. The Bertz CT molecular complexity index is 339. The lowest BCUT2D eigenvalue weighted by molar-refractivity contribution is 0.378. The molecule has 2 atom stereocenters. The molecule has 2 fully saturated rings. The molecule has 2 aliphatic heterocycles. The Morgan fingerprint density at radius 1 is 1.27 bits per heavy atom. The van der Waals surface area contributed by atoms with Gasteiger partial charge in [-0.2, -0.15) is 0 Å². The summed E-state index contributed by atoms with van der Waals surface area (Å²) >= 11 is 1.65. The van der Waals surface area contributed by atoms with Gasteiger partial charge in [0.05, 0.1) is 0 Å². The maximum Gasteiger partial charge on any atom is 0.205 e. The zero-order valence-corrected chi connectivity index (χ0v) is 9.68. The quantitative estimate of drug-likeness (QED) is 0.800. The minimum Gasteiger partial charge on any atom is -0.357 e. The van der Waals surface area contributed by atoms with Crippen LogP contribution in [0.1, 0.15) is 30.7 Å². The first-order valence-electron chi connectivity index (χ1n) is 5.62. The highest BCUT2D eigenvalue weighted by molar-refractivity contribution is 7.15. The molecule has 15 heavy (non-hydrogen) atoms. The predicted octanol–water partition coefficient (Wildman–Crippen LogP) is 1.54. The molecule has 0 aromatic carbocycles. The second-order valence-electron chi connectivity index (χ2n) is 4.58. The van der Waals surface area contributed by atoms with E-state index in [-0.39, 0.29) is 0 Å². The molecule has 2 bridgehead atoms. The summed E-state index contributed by atoms with van der Waals surface area (Å²) in [5.41, 5.74) is 0. The van der Waals surface area contributed by atoms with Crippen LogP contribution in [0.4, 0.5) is 5.13 Å². The minimum atomic E-state index is 0.594. The number of aryl methyl sites for hydroxylation is 1. The Labute approximate surface area is 93.5 Å². The van der Waals surface area contributed by atoms with Crippen LogP contribution in [0.25, 0.3) is 0 Å². The predicted molar refractivity (Wildman–Crippen MR) is 61.2 cm³/mol. The van der Waals surface area contributed by atoms with Gasteiger partial charge in [0, 0.05) is 18.1 Å². The van der Waals surface area contributed by atoms with Crippen LogP contribution in [0, 0.1) is 6.92 Å². The van der Waals surface area contributed by atoms with Crippen molar-refractivity contribution in [3.05, 3.63) is 5.01 Å². The van der Waals surface area contributed by atoms with Crippen LogP contribution in [-0.2, 0) is 0 Å². The third-order valence-electron chi connectivity index (χ3n) is 3.33. The molecule has 2 N–H and O–H groups in total. The van der Waals surface area contributed by atoms with E-state index in [0.29, 0.717) is 6.04 Å². The van der Waals surface area contributed by atoms with Crippen molar-refractivity contribution in [2.45, 2.75) is 50.7 Å². The standard InChI is InChI=1S/C10H16N4S/c1-6-13-14-10(15-6)12-9-4-7-2-3-8(5-9)11-7/h7-9,11H,2-5H2,1H3,(H,12,14). The lowest BCUT2D eigenvalue weighted by Crippen LogP contribution is -2.43. The highest BCUT2D eigenvalue weighted by atomic mass is 32.1. The topological polar surface area (TPSA) is 49.8 Å². The molecular weight excluding hydrogens is 208 g/mol. The van der Waals surface area contributed by atoms with Gasteiger partial charge in [-0.05, 0) is 32.6 Å². The van der Waals surface area contributed by atoms with Gasteiger partial charge in [-0.25, -0.2) is 0 Å². The van der Waals surface area contributed by atoms with Gasteiger partial charge < -0.3 is 10.6 Å². The second-order valence-corrected chi connectivity index (χ2v) is 5.76. The molecule has 0 saturated carbocycles. The molecule has 2 saturated heterocycles. The molecular formula is C10H16N4S. The number of anilines is 1. The molecule has 1 aromatic rings. The second kappa shape index (κ2) is 3.72. The van der Waals surface area contributed by atoms with Crippen molar-refractivity contribution in [1.82, 2.24) is 15.5 Å². The number of nitrogens with one attached hydrogen (secondary N) is 2. The first-order chi connectivity index (χ1) is 7.29. The molecule has 0 amide bonds. The molecule has 1 aromatic heterocycles. The van der Waals surface area contributed by atoms with Gasteiger partial charge in [-0.1, -0.05) is 11.3 Å². The van der Waals surface area contributed by atoms with E-state index in [1.54, 1.807) is 11.3 Å². The first-order valence-corrected chi connectivity index (χ1v) is 6.44. The van der Waals surface area contributed by atoms with Crippen LogP contribution in [0.5, 0.6) is 0 Å². The molecule has 2 aliphatic rings. The van der Waals surface area contributed by atoms with Crippen molar-refractivity contribution in [2.75, 3.05) is 5.32 Å². The Kier molecular flexibility index (Phi) is 2.36. The zero-order valence-electron chi connectivity index (χ0n) is 8.86. The van der Waals surface area contributed by atoms with Gasteiger partial charge in [0.1, 0.15) is 5.01 Å². The fourth-order valence-corrected chi connectivity index (χ4v) is 3.37. The van der Waals surface area contributed by atoms with Gasteiger partial charge >= 0.3 is 0 Å². The average molecular weight is 224 g/mol. The Morgan fingerprint density at radius 2 is 2.00 bits per heavy atom. The van der Waals surface area contributed by atoms with Crippen LogP contribution in [-0.4, -0.2) is 28.3 Å². The maximum absolute atomic E-state index is 4.12. The van der Waals surface area contributed by atoms with Crippen LogP contribution in [0.3, 0.4) is 0 Å². The van der Waals surface area contributed by atoms with Crippen LogP contribution < -0.4 is 10.6 Å². The minimum absolute atomic E-state index is 0.594. The molecule has 2 unspecified atom stereocenters. The smallest absolute Gasteiger partial charge is 0.205 e. The van der Waals surface area contributed by atoms with E-state index in [4.69, 9.17) is 0 Å². The van der Waals surface area contributed by atoms with Gasteiger partial charge in [-0.3, -0.25) is 0 Å². The number of piperidine rings is 1. The van der Waals surface area contributed by atoms with Crippen molar-refractivity contribution in [1.29, 1.82) is 0 Å². The Balaban J connectivity index is 1.64. The van der Waals surface area contributed by atoms with E-state index in [1.165, 1.54) is 25.7 Å². The summed E-state index contributed by atoms with van der Waals surface area (Å²) in [7, 11) is 0. The third-order valence-corrected chi connectivity index (χ3v) is 4.10. The number of fused-ring (bicyclic) bond motifs is 2. The molecule has 0 aliphatic carbocycles. The Hall–Kier alpha value is -0.680. The molecule has 0 spiro atoms. The largest absolute Gasteiger partial charge is 0.357 e. The molecule has 4 nitrogen and oxygen atoms in total. The number of rotatable bonds is 2. The van der Waals surface area contributed by atoms with E-state index in [9.17, 15) is 0 Å². The fraction of sp³-hybridized carbons (Fsp3) is 0.800. The van der Waals surface area contributed by atoms with E-state index in [1.807, 2.05) is 6.92 Å². The average Bonchev–Trinajstić information content (AvgIpc) is 2.74. The van der Waals surface area contributed by atoms with Crippen molar-refractivity contribution >= 4 is 16.5 Å². The highest BCUT2D eigenvalue weighted by Gasteiger charge is 2.33. The van der Waals surface area contributed by atoms with E-state index >= 15 is 0 Å². The molecule has 5 heteroatoms. The summed E-state index contributed by atoms with van der Waals surface area (Å²) in [5, 5.41) is 17.3. The van der Waals surface area contributed by atoms with Crippen molar-refractivity contribution < 1.29 is 0 Å². The van der Waals surface area contributed by atoms with Crippen LogP contribution in [0.2, 0.25) is 0 Å². The SMILES string of the molecule is Cc1nnc(NC2CC3CCC(C2)N3)s1. The molecule has 3 rings (SSSR count). The number of nitrogens with zero attached hydrogens (tertiary/aromatic N) is 2. The van der Waals surface area contributed by atoms with Gasteiger partial charge in [0.2, 0.25) is 5.13 Å². The van der Waals surface area contributed by atoms with Crippen molar-refractivity contribution in [2.24, 2.45) is 0 Å². The van der Waals surface area contributed by atoms with E-state index in [0.717, 1.165) is 22.2 Å². The van der Waals surface area contributed by atoms with Gasteiger partial charge in [0.25, 0.3) is 0 Å². The monoisotopic (exact) mass is 224 g/mol. The number of hydrogen-bond acceptors (Lipinski definition) is 5. The maximum atomic E-state index is 4.12. The lowest BCUT2D eigenvalue weighted by Gasteiger charge is -2.29. The van der Waals surface area contributed by atoms with Crippen molar-refractivity contribution in [3.8, 4) is 0 Å². The summed E-state index contributed by atoms with van der Waals surface area (Å²) in [6.07, 6.45) is 5.15. The third kappa shape index (κ3) is 1.99. The van der Waals surface area contributed by atoms with Gasteiger partial charge in [-0.15, -0.1) is 10.2 Å². The molecule has 3 heterocycles. The Morgan fingerprint density at radius 3 is 2.60 bits per heavy atom. The number of hydrogen-bond donors (Lipinski definition) is 2. The zero-order chi connectivity index (χ0) is 10.3. The fourth-order valence-electron chi connectivity index (χ4n) is 2.70. The van der Waals surface area contributed by atoms with Crippen molar-refractivity contribution in [3.63, 3.8) is 0 Å². The van der Waals surface area contributed by atoms with Crippen LogP contribution >= 0.6 is 11.3 Å². The lowest BCUT2D eigenvalue weighted by atomic mass is 10.0. The van der Waals surface area contributed by atoms with Crippen LogP contribution in [0.15, 0.2) is 0 Å². The summed E-state index contributed by atoms with van der Waals surface area (Å²) in [6, 6.07) is 2.06. The molecule has 82 valence electrons. The van der Waals surface area contributed by atoms with E-state index in [2.05, 4.69) is 20.8 Å². The summed E-state index contributed by atoms with van der Waals surface area (Å²) in [5.74, 6) is 0. The summed E-state index contributed by atoms with van der Waals surface area (Å²) in [6.45, 7) is 2.00. The van der Waals surface area contributed by atoms with E-state index < -0.39 is 0 Å². The number of aromatic nitrogens is 2. The summed E-state index contributed by atoms with van der Waals surface area (Å²) < 4.78 is 0. The highest BCUT2D eigenvalue weighted by Crippen LogP contribution is 2.29. The molecule has 0 radical (unpaired) electrons. The van der Waals surface area contributed by atoms with Gasteiger partial charge in [0.15, 0.2) is 0 Å². The normalized spacial score (nSPS) is 34.3. The summed E-state index contributed by atoms with van der Waals surface area (Å²) in [4.78, 5) is 0.